The number of rotatable bonds is 4. The van der Waals surface area contributed by atoms with Gasteiger partial charge in [0.2, 0.25) is 5.91 Å². The predicted octanol–water partition coefficient (Wildman–Crippen LogP) is 3.83. The van der Waals surface area contributed by atoms with E-state index < -0.39 is 23.7 Å². The van der Waals surface area contributed by atoms with E-state index in [1.54, 1.807) is 29.2 Å². The van der Waals surface area contributed by atoms with E-state index in [0.29, 0.717) is 18.5 Å². The normalized spacial score (nSPS) is 21.0. The molecule has 1 aromatic carbocycles. The van der Waals surface area contributed by atoms with E-state index in [1.807, 2.05) is 27.7 Å². The lowest BCUT2D eigenvalue weighted by molar-refractivity contribution is -0.129. The summed E-state index contributed by atoms with van der Waals surface area (Å²) in [4.78, 5) is 39.1. The average molecular weight is 417 g/mol. The fourth-order valence-corrected chi connectivity index (χ4v) is 3.96. The molecule has 2 aliphatic rings. The zero-order valence-electron chi connectivity index (χ0n) is 18.5. The molecule has 7 heteroatoms. The Morgan fingerprint density at radius 2 is 1.77 bits per heavy atom. The van der Waals surface area contributed by atoms with Gasteiger partial charge in [-0.3, -0.25) is 9.69 Å². The summed E-state index contributed by atoms with van der Waals surface area (Å²) in [7, 11) is 1.34. The summed E-state index contributed by atoms with van der Waals surface area (Å²) in [6.45, 7) is 7.90. The van der Waals surface area contributed by atoms with Gasteiger partial charge in [0.15, 0.2) is 0 Å². The maximum atomic E-state index is 13.2. The van der Waals surface area contributed by atoms with Gasteiger partial charge in [0, 0.05) is 6.54 Å². The Morgan fingerprint density at radius 3 is 2.30 bits per heavy atom. The molecule has 1 unspecified atom stereocenters. The fourth-order valence-electron chi connectivity index (χ4n) is 3.96. The third-order valence-electron chi connectivity index (χ3n) is 5.96. The molecule has 1 aliphatic heterocycles. The summed E-state index contributed by atoms with van der Waals surface area (Å²) in [5.74, 6) is -0.570. The summed E-state index contributed by atoms with van der Waals surface area (Å²) in [6, 6.07) is 6.15. The number of esters is 1. The van der Waals surface area contributed by atoms with Gasteiger partial charge in [-0.05, 0) is 76.5 Å². The van der Waals surface area contributed by atoms with E-state index >= 15 is 0 Å². The number of hydrogen-bond donors (Lipinski definition) is 1. The van der Waals surface area contributed by atoms with Gasteiger partial charge in [-0.15, -0.1) is 0 Å². The van der Waals surface area contributed by atoms with Gasteiger partial charge < -0.3 is 14.8 Å². The first-order valence-electron chi connectivity index (χ1n) is 10.5. The number of nitrogens with one attached hydrogen (secondary N) is 1. The quantitative estimate of drug-likeness (QED) is 0.754. The molecule has 164 valence electrons. The largest absolute Gasteiger partial charge is 0.465 e. The van der Waals surface area contributed by atoms with Crippen LogP contribution in [0.4, 0.5) is 4.79 Å². The first-order valence-corrected chi connectivity index (χ1v) is 10.5. The topological polar surface area (TPSA) is 84.9 Å². The van der Waals surface area contributed by atoms with Gasteiger partial charge >= 0.3 is 12.1 Å². The molecule has 7 nitrogen and oxygen atoms in total. The summed E-state index contributed by atoms with van der Waals surface area (Å²) < 4.78 is 10.3. The van der Waals surface area contributed by atoms with Crippen LogP contribution in [-0.2, 0) is 14.3 Å². The Balaban J connectivity index is 1.70. The molecule has 1 aliphatic carbocycles. The predicted molar refractivity (Wildman–Crippen MR) is 112 cm³/mol. The van der Waals surface area contributed by atoms with Crippen LogP contribution in [-0.4, -0.2) is 48.2 Å². The van der Waals surface area contributed by atoms with Crippen LogP contribution in [0.2, 0.25) is 0 Å². The smallest absolute Gasteiger partial charge is 0.410 e. The van der Waals surface area contributed by atoms with Crippen LogP contribution in [0.1, 0.15) is 75.3 Å². The zero-order valence-corrected chi connectivity index (χ0v) is 18.5. The van der Waals surface area contributed by atoms with Crippen molar-refractivity contribution in [1.29, 1.82) is 0 Å². The van der Waals surface area contributed by atoms with E-state index in [-0.39, 0.29) is 17.4 Å². The van der Waals surface area contributed by atoms with E-state index in [1.165, 1.54) is 7.11 Å². The monoisotopic (exact) mass is 416 g/mol. The molecule has 1 saturated heterocycles. The van der Waals surface area contributed by atoms with Crippen LogP contribution in [0.15, 0.2) is 24.3 Å². The van der Waals surface area contributed by atoms with E-state index in [9.17, 15) is 14.4 Å². The number of amides is 2. The van der Waals surface area contributed by atoms with Crippen LogP contribution in [0, 0.1) is 5.41 Å². The summed E-state index contributed by atoms with van der Waals surface area (Å²) in [5, 5.41) is 3.04. The highest BCUT2D eigenvalue weighted by molar-refractivity contribution is 5.89. The summed E-state index contributed by atoms with van der Waals surface area (Å²) in [5.41, 5.74) is 0.920. The molecule has 3 rings (SSSR count). The Bertz CT molecular complexity index is 808. The Morgan fingerprint density at radius 1 is 1.13 bits per heavy atom. The number of likely N-dealkylation sites (tertiary alicyclic amines) is 1. The van der Waals surface area contributed by atoms with Gasteiger partial charge in [0.25, 0.3) is 0 Å². The van der Waals surface area contributed by atoms with Crippen molar-refractivity contribution in [1.82, 2.24) is 10.2 Å². The second-order valence-electron chi connectivity index (χ2n) is 9.49. The van der Waals surface area contributed by atoms with Gasteiger partial charge in [-0.25, -0.2) is 9.59 Å². The zero-order chi connectivity index (χ0) is 22.1. The Hall–Kier alpha value is -2.57. The van der Waals surface area contributed by atoms with Gasteiger partial charge in [0.05, 0.1) is 18.7 Å². The van der Waals surface area contributed by atoms with E-state index in [2.05, 4.69) is 5.32 Å². The molecule has 0 aromatic heterocycles. The molecule has 30 heavy (non-hydrogen) atoms. The standard InChI is InChI=1S/C23H32N2O5/c1-15(16-6-8-17(9-7-16)20(27)29-5)24-19(26)18-14-23(10-11-23)12-13-25(18)21(28)30-22(2,3)4/h6-9,15,18H,10-14H2,1-5H3,(H,24,26)/t15-,18?/m0/s1. The van der Waals surface area contributed by atoms with Gasteiger partial charge in [-0.2, -0.15) is 0 Å². The minimum atomic E-state index is -0.610. The number of piperidine rings is 1. The molecule has 1 spiro atoms. The van der Waals surface area contributed by atoms with Gasteiger partial charge in [-0.1, -0.05) is 12.1 Å². The van der Waals surface area contributed by atoms with E-state index in [4.69, 9.17) is 9.47 Å². The summed E-state index contributed by atoms with van der Waals surface area (Å²) in [6.07, 6.45) is 3.38. The lowest BCUT2D eigenvalue weighted by Gasteiger charge is -2.39. The number of nitrogens with zero attached hydrogens (tertiary/aromatic N) is 1. The van der Waals surface area contributed by atoms with Crippen LogP contribution in [0.25, 0.3) is 0 Å². The lowest BCUT2D eigenvalue weighted by atomic mass is 9.87. The van der Waals surface area contributed by atoms with Crippen molar-refractivity contribution in [3.63, 3.8) is 0 Å². The lowest BCUT2D eigenvalue weighted by Crippen LogP contribution is -2.55. The molecule has 2 atom stereocenters. The number of hydrogen-bond acceptors (Lipinski definition) is 5. The Labute approximate surface area is 178 Å². The Kier molecular flexibility index (Phi) is 6.11. The van der Waals surface area contributed by atoms with Crippen molar-refractivity contribution in [2.45, 2.75) is 71.1 Å². The SMILES string of the molecule is COC(=O)c1ccc([C@H](C)NC(=O)C2CC3(CCN2C(=O)OC(C)(C)C)CC3)cc1. The van der Waals surface area contributed by atoms with Gasteiger partial charge in [0.1, 0.15) is 11.6 Å². The van der Waals surface area contributed by atoms with Crippen LogP contribution in [0.3, 0.4) is 0 Å². The van der Waals surface area contributed by atoms with Crippen LogP contribution in [0.5, 0.6) is 0 Å². The molecular formula is C23H32N2O5. The molecule has 0 bridgehead atoms. The number of carbonyl (C=O) groups excluding carboxylic acids is 3. The maximum absolute atomic E-state index is 13.2. The molecule has 1 saturated carbocycles. The highest BCUT2D eigenvalue weighted by Gasteiger charge is 2.51. The molecule has 2 amide bonds. The van der Waals surface area contributed by atoms with Crippen molar-refractivity contribution >= 4 is 18.0 Å². The number of benzene rings is 1. The first kappa shape index (κ1) is 22.1. The van der Waals surface area contributed by atoms with Crippen LogP contribution < -0.4 is 5.32 Å². The molecule has 0 radical (unpaired) electrons. The second kappa shape index (κ2) is 8.28. The minimum absolute atomic E-state index is 0.170. The van der Waals surface area contributed by atoms with Crippen molar-refractivity contribution in [3.05, 3.63) is 35.4 Å². The second-order valence-corrected chi connectivity index (χ2v) is 9.49. The number of ether oxygens (including phenoxy) is 2. The fraction of sp³-hybridized carbons (Fsp3) is 0.609. The van der Waals surface area contributed by atoms with Crippen molar-refractivity contribution in [2.24, 2.45) is 5.41 Å². The number of carbonyl (C=O) groups is 3. The molecule has 1 N–H and O–H groups in total. The van der Waals surface area contributed by atoms with Crippen molar-refractivity contribution < 1.29 is 23.9 Å². The molecular weight excluding hydrogens is 384 g/mol. The highest BCUT2D eigenvalue weighted by atomic mass is 16.6. The van der Waals surface area contributed by atoms with Crippen LogP contribution >= 0.6 is 0 Å². The number of methoxy groups -OCH3 is 1. The first-order chi connectivity index (χ1) is 14.0. The highest BCUT2D eigenvalue weighted by Crippen LogP contribution is 2.55. The molecule has 1 heterocycles. The minimum Gasteiger partial charge on any atom is -0.465 e. The average Bonchev–Trinajstić information content (AvgIpc) is 3.44. The molecule has 1 aromatic rings. The summed E-state index contributed by atoms with van der Waals surface area (Å²) >= 11 is 0. The third-order valence-corrected chi connectivity index (χ3v) is 5.96. The maximum Gasteiger partial charge on any atom is 0.410 e. The van der Waals surface area contributed by atoms with E-state index in [0.717, 1.165) is 24.8 Å². The molecule has 2 fully saturated rings. The third kappa shape index (κ3) is 5.12. The van der Waals surface area contributed by atoms with Crippen molar-refractivity contribution in [2.75, 3.05) is 13.7 Å². The van der Waals surface area contributed by atoms with Crippen molar-refractivity contribution in [3.8, 4) is 0 Å².